The van der Waals surface area contributed by atoms with Crippen LogP contribution in [-0.2, 0) is 9.59 Å². The van der Waals surface area contributed by atoms with Crippen LogP contribution in [0.4, 0.5) is 5.95 Å². The molecule has 1 N–H and O–H groups in total. The number of likely N-dealkylation sites (N-methyl/N-ethyl adjacent to an activating group) is 1. The van der Waals surface area contributed by atoms with Crippen LogP contribution < -0.4 is 5.32 Å². The minimum Gasteiger partial charge on any atom is -0.335 e. The van der Waals surface area contributed by atoms with Crippen LogP contribution >= 0.6 is 0 Å². The molecule has 2 amide bonds. The molecule has 0 aliphatic heterocycles. The van der Waals surface area contributed by atoms with Gasteiger partial charge in [0, 0.05) is 25.5 Å². The van der Waals surface area contributed by atoms with E-state index in [0.29, 0.717) is 0 Å². The fourth-order valence-corrected chi connectivity index (χ4v) is 2.31. The number of anilines is 1. The van der Waals surface area contributed by atoms with Crippen LogP contribution in [0.2, 0.25) is 0 Å². The van der Waals surface area contributed by atoms with Gasteiger partial charge in [0.1, 0.15) is 0 Å². The summed E-state index contributed by atoms with van der Waals surface area (Å²) in [6.07, 6.45) is 8.41. The van der Waals surface area contributed by atoms with Crippen molar-refractivity contribution in [2.24, 2.45) is 0 Å². The molecule has 0 bridgehead atoms. The maximum absolute atomic E-state index is 12.0. The average Bonchev–Trinajstić information content (AvgIpc) is 2.47. The number of hydrogen-bond acceptors (Lipinski definition) is 4. The van der Waals surface area contributed by atoms with E-state index < -0.39 is 11.8 Å². The molecule has 0 radical (unpaired) electrons. The van der Waals surface area contributed by atoms with Crippen molar-refractivity contribution < 1.29 is 9.59 Å². The molecule has 0 unspecified atom stereocenters. The van der Waals surface area contributed by atoms with Gasteiger partial charge in [0.15, 0.2) is 0 Å². The standard InChI is InChI=1S/C13H18N4O2/c1-17(10-6-3-2-4-7-10)12(19)11(18)16-13-14-8-5-9-15-13/h5,8-10H,2-4,6-7H2,1H3,(H,14,15,16,18). The van der Waals surface area contributed by atoms with Gasteiger partial charge < -0.3 is 4.90 Å². The highest BCUT2D eigenvalue weighted by atomic mass is 16.2. The maximum Gasteiger partial charge on any atom is 0.316 e. The SMILES string of the molecule is CN(C(=O)C(=O)Nc1ncccn1)C1CCCCC1. The molecule has 0 spiro atoms. The molecule has 1 fully saturated rings. The highest BCUT2D eigenvalue weighted by molar-refractivity contribution is 6.39. The van der Waals surface area contributed by atoms with Crippen LogP contribution in [0, 0.1) is 0 Å². The lowest BCUT2D eigenvalue weighted by Crippen LogP contribution is -2.44. The van der Waals surface area contributed by atoms with E-state index in [-0.39, 0.29) is 12.0 Å². The molecule has 2 rings (SSSR count). The van der Waals surface area contributed by atoms with E-state index in [4.69, 9.17) is 0 Å². The summed E-state index contributed by atoms with van der Waals surface area (Å²) in [5, 5.41) is 2.41. The van der Waals surface area contributed by atoms with Crippen LogP contribution in [0.15, 0.2) is 18.5 Å². The van der Waals surface area contributed by atoms with Gasteiger partial charge in [0.05, 0.1) is 0 Å². The first-order valence-corrected chi connectivity index (χ1v) is 6.53. The third-order valence-corrected chi connectivity index (χ3v) is 3.43. The maximum atomic E-state index is 12.0. The molecule has 1 saturated carbocycles. The van der Waals surface area contributed by atoms with Crippen molar-refractivity contribution in [3.63, 3.8) is 0 Å². The zero-order chi connectivity index (χ0) is 13.7. The molecular weight excluding hydrogens is 244 g/mol. The molecule has 1 aliphatic carbocycles. The van der Waals surface area contributed by atoms with Gasteiger partial charge in [-0.3, -0.25) is 14.9 Å². The fourth-order valence-electron chi connectivity index (χ4n) is 2.31. The molecule has 0 atom stereocenters. The molecule has 102 valence electrons. The van der Waals surface area contributed by atoms with Crippen molar-refractivity contribution in [2.75, 3.05) is 12.4 Å². The lowest BCUT2D eigenvalue weighted by molar-refractivity contribution is -0.144. The van der Waals surface area contributed by atoms with Crippen LogP contribution in [0.3, 0.4) is 0 Å². The van der Waals surface area contributed by atoms with E-state index in [9.17, 15) is 9.59 Å². The van der Waals surface area contributed by atoms with Gasteiger partial charge in [-0.25, -0.2) is 9.97 Å². The van der Waals surface area contributed by atoms with Crippen LogP contribution in [0.5, 0.6) is 0 Å². The second kappa shape index (κ2) is 6.26. The molecular formula is C13H18N4O2. The predicted molar refractivity (Wildman–Crippen MR) is 70.3 cm³/mol. The number of amides is 2. The monoisotopic (exact) mass is 262 g/mol. The van der Waals surface area contributed by atoms with E-state index in [1.807, 2.05) is 0 Å². The smallest absolute Gasteiger partial charge is 0.316 e. The van der Waals surface area contributed by atoms with E-state index >= 15 is 0 Å². The van der Waals surface area contributed by atoms with Crippen LogP contribution in [0.1, 0.15) is 32.1 Å². The van der Waals surface area contributed by atoms with Gasteiger partial charge in [0.25, 0.3) is 0 Å². The number of rotatable bonds is 2. The minimum atomic E-state index is -0.681. The van der Waals surface area contributed by atoms with Gasteiger partial charge in [-0.2, -0.15) is 0 Å². The highest BCUT2D eigenvalue weighted by Crippen LogP contribution is 2.21. The normalized spacial score (nSPS) is 15.8. The van der Waals surface area contributed by atoms with Crippen LogP contribution in [-0.4, -0.2) is 39.8 Å². The second-order valence-electron chi connectivity index (χ2n) is 4.73. The molecule has 1 aromatic rings. The van der Waals surface area contributed by atoms with Crippen LogP contribution in [0.25, 0.3) is 0 Å². The summed E-state index contributed by atoms with van der Waals surface area (Å²) in [5.41, 5.74) is 0. The summed E-state index contributed by atoms with van der Waals surface area (Å²) < 4.78 is 0. The number of aromatic nitrogens is 2. The van der Waals surface area contributed by atoms with Gasteiger partial charge in [0.2, 0.25) is 5.95 Å². The van der Waals surface area contributed by atoms with Gasteiger partial charge in [-0.05, 0) is 18.9 Å². The number of hydrogen-bond donors (Lipinski definition) is 1. The average molecular weight is 262 g/mol. The Morgan fingerprint density at radius 1 is 1.21 bits per heavy atom. The summed E-state index contributed by atoms with van der Waals surface area (Å²) in [5.74, 6) is -1.06. The first-order valence-electron chi connectivity index (χ1n) is 6.53. The second-order valence-corrected chi connectivity index (χ2v) is 4.73. The van der Waals surface area contributed by atoms with Crippen molar-refractivity contribution in [1.29, 1.82) is 0 Å². The quantitative estimate of drug-likeness (QED) is 0.813. The summed E-state index contributed by atoms with van der Waals surface area (Å²) >= 11 is 0. The summed E-state index contributed by atoms with van der Waals surface area (Å²) in [6.45, 7) is 0. The third-order valence-electron chi connectivity index (χ3n) is 3.43. The van der Waals surface area contributed by atoms with E-state index in [0.717, 1.165) is 25.7 Å². The lowest BCUT2D eigenvalue weighted by Gasteiger charge is -2.30. The Morgan fingerprint density at radius 2 is 1.84 bits per heavy atom. The van der Waals surface area contributed by atoms with Crippen molar-refractivity contribution in [3.8, 4) is 0 Å². The molecule has 1 aromatic heterocycles. The van der Waals surface area contributed by atoms with Crippen molar-refractivity contribution in [3.05, 3.63) is 18.5 Å². The number of carbonyl (C=O) groups excluding carboxylic acids is 2. The van der Waals surface area contributed by atoms with Gasteiger partial charge >= 0.3 is 11.8 Å². The van der Waals surface area contributed by atoms with Gasteiger partial charge in [-0.1, -0.05) is 19.3 Å². The Bertz CT molecular complexity index is 443. The van der Waals surface area contributed by atoms with Crippen molar-refractivity contribution in [1.82, 2.24) is 14.9 Å². The van der Waals surface area contributed by atoms with Crippen molar-refractivity contribution in [2.45, 2.75) is 38.1 Å². The molecule has 6 nitrogen and oxygen atoms in total. The molecule has 6 heteroatoms. The van der Waals surface area contributed by atoms with E-state index in [1.54, 1.807) is 13.1 Å². The zero-order valence-electron chi connectivity index (χ0n) is 11.0. The Morgan fingerprint density at radius 3 is 2.47 bits per heavy atom. The third kappa shape index (κ3) is 3.49. The summed E-state index contributed by atoms with van der Waals surface area (Å²) in [4.78, 5) is 33.1. The fraction of sp³-hybridized carbons (Fsp3) is 0.538. The number of nitrogens with zero attached hydrogens (tertiary/aromatic N) is 3. The van der Waals surface area contributed by atoms with Crippen molar-refractivity contribution >= 4 is 17.8 Å². The Hall–Kier alpha value is -1.98. The number of carbonyl (C=O) groups is 2. The Balaban J connectivity index is 1.93. The molecule has 19 heavy (non-hydrogen) atoms. The first-order chi connectivity index (χ1) is 9.18. The highest BCUT2D eigenvalue weighted by Gasteiger charge is 2.26. The summed E-state index contributed by atoms with van der Waals surface area (Å²) in [6, 6.07) is 1.81. The topological polar surface area (TPSA) is 75.2 Å². The van der Waals surface area contributed by atoms with E-state index in [1.165, 1.54) is 23.7 Å². The predicted octanol–water partition coefficient (Wildman–Crippen LogP) is 1.21. The first kappa shape index (κ1) is 13.5. The van der Waals surface area contributed by atoms with Gasteiger partial charge in [-0.15, -0.1) is 0 Å². The van der Waals surface area contributed by atoms with E-state index in [2.05, 4.69) is 15.3 Å². The Labute approximate surface area is 112 Å². The molecule has 1 aliphatic rings. The lowest BCUT2D eigenvalue weighted by atomic mass is 9.94. The Kier molecular flexibility index (Phi) is 4.43. The zero-order valence-corrected chi connectivity index (χ0v) is 11.0. The summed E-state index contributed by atoms with van der Waals surface area (Å²) in [7, 11) is 1.68. The number of nitrogens with one attached hydrogen (secondary N) is 1. The molecule has 1 heterocycles. The molecule has 0 aromatic carbocycles. The minimum absolute atomic E-state index is 0.151. The molecule has 0 saturated heterocycles. The largest absolute Gasteiger partial charge is 0.335 e.